The van der Waals surface area contributed by atoms with Crippen molar-refractivity contribution in [1.29, 1.82) is 0 Å². The molecule has 0 saturated heterocycles. The third-order valence-electron chi connectivity index (χ3n) is 5.07. The van der Waals surface area contributed by atoms with Crippen LogP contribution >= 0.6 is 11.3 Å². The minimum absolute atomic E-state index is 0.203. The van der Waals surface area contributed by atoms with Gasteiger partial charge in [-0.1, -0.05) is 37.3 Å². The lowest BCUT2D eigenvalue weighted by molar-refractivity contribution is 0.103. The number of aryl methyl sites for hydroxylation is 2. The maximum atomic E-state index is 13.7. The number of benzene rings is 2. The Hall–Kier alpha value is -3.32. The number of nitrogens with one attached hydrogen (secondary N) is 1. The summed E-state index contributed by atoms with van der Waals surface area (Å²) >= 11 is 1.23. The van der Waals surface area contributed by atoms with Gasteiger partial charge in [-0.3, -0.25) is 14.2 Å². The number of carbonyl (C=O) groups excluding carboxylic acids is 1. The Balaban J connectivity index is 1.79. The molecule has 2 aromatic carbocycles. The fourth-order valence-corrected chi connectivity index (χ4v) is 4.67. The number of rotatable bonds is 6. The summed E-state index contributed by atoms with van der Waals surface area (Å²) in [6, 6.07) is 15.4. The average molecular weight is 436 g/mol. The van der Waals surface area contributed by atoms with Crippen LogP contribution in [0.3, 0.4) is 0 Å². The largest absolute Gasteiger partial charge is 0.321 e. The molecular weight excluding hydrogens is 413 g/mol. The molecule has 0 unspecified atom stereocenters. The van der Waals surface area contributed by atoms with Crippen LogP contribution < -0.4 is 10.9 Å². The normalized spacial score (nSPS) is 11.1. The highest BCUT2D eigenvalue weighted by Crippen LogP contribution is 2.28. The van der Waals surface area contributed by atoms with E-state index in [4.69, 9.17) is 4.98 Å². The number of para-hydroxylation sites is 1. The van der Waals surface area contributed by atoms with Gasteiger partial charge in [0.1, 0.15) is 16.5 Å². The van der Waals surface area contributed by atoms with Crippen LogP contribution in [0.15, 0.2) is 59.4 Å². The summed E-state index contributed by atoms with van der Waals surface area (Å²) < 4.78 is 15.3. The highest BCUT2D eigenvalue weighted by atomic mass is 32.1. The van der Waals surface area contributed by atoms with Crippen molar-refractivity contribution in [1.82, 2.24) is 9.55 Å². The molecule has 4 rings (SSSR count). The van der Waals surface area contributed by atoms with Gasteiger partial charge in [-0.05, 0) is 48.7 Å². The monoisotopic (exact) mass is 435 g/mol. The van der Waals surface area contributed by atoms with Crippen molar-refractivity contribution >= 4 is 33.1 Å². The minimum Gasteiger partial charge on any atom is -0.321 e. The van der Waals surface area contributed by atoms with E-state index in [9.17, 15) is 14.0 Å². The molecule has 1 amide bonds. The Labute approximate surface area is 183 Å². The Bertz CT molecular complexity index is 1310. The molecule has 4 aromatic rings. The number of halogens is 1. The maximum Gasteiger partial charge on any atom is 0.266 e. The molecule has 0 saturated carbocycles. The second-order valence-electron chi connectivity index (χ2n) is 7.36. The third-order valence-corrected chi connectivity index (χ3v) is 6.26. The van der Waals surface area contributed by atoms with Crippen LogP contribution in [0.4, 0.5) is 10.1 Å². The maximum absolute atomic E-state index is 13.7. The zero-order chi connectivity index (χ0) is 22.0. The first-order valence-corrected chi connectivity index (χ1v) is 10.9. The second-order valence-corrected chi connectivity index (χ2v) is 8.35. The number of carbonyl (C=O) groups is 1. The molecule has 0 fully saturated rings. The fourth-order valence-electron chi connectivity index (χ4n) is 3.58. The lowest BCUT2D eigenvalue weighted by atomic mass is 10.1. The zero-order valence-electron chi connectivity index (χ0n) is 17.3. The van der Waals surface area contributed by atoms with E-state index in [-0.39, 0.29) is 23.8 Å². The molecule has 0 aliphatic carbocycles. The van der Waals surface area contributed by atoms with Crippen LogP contribution in [0.2, 0.25) is 0 Å². The summed E-state index contributed by atoms with van der Waals surface area (Å²) in [5, 5.41) is 3.32. The van der Waals surface area contributed by atoms with E-state index in [1.807, 2.05) is 37.3 Å². The highest BCUT2D eigenvalue weighted by Gasteiger charge is 2.21. The molecule has 7 heteroatoms. The topological polar surface area (TPSA) is 64.0 Å². The van der Waals surface area contributed by atoms with Crippen LogP contribution in [0.5, 0.6) is 0 Å². The standard InChI is InChI=1S/C24H22FN3O2S/c1-3-8-19-27-23-20(24(30)28(19)14-16-9-7-10-17(25)13-16)15(2)21(31-23)22(29)26-18-11-5-4-6-12-18/h4-7,9-13H,3,8,14H2,1-2H3,(H,26,29). The Morgan fingerprint density at radius 1 is 1.16 bits per heavy atom. The van der Waals surface area contributed by atoms with Gasteiger partial charge in [-0.2, -0.15) is 0 Å². The lowest BCUT2D eigenvalue weighted by Crippen LogP contribution is -2.26. The van der Waals surface area contributed by atoms with Crippen LogP contribution in [0, 0.1) is 12.7 Å². The first-order chi connectivity index (χ1) is 15.0. The number of thiophene rings is 1. The first kappa shape index (κ1) is 20.9. The number of hydrogen-bond acceptors (Lipinski definition) is 4. The Kier molecular flexibility index (Phi) is 5.95. The smallest absolute Gasteiger partial charge is 0.266 e. The van der Waals surface area contributed by atoms with Crippen LogP contribution in [-0.4, -0.2) is 15.5 Å². The fraction of sp³-hybridized carbons (Fsp3) is 0.208. The van der Waals surface area contributed by atoms with Gasteiger partial charge < -0.3 is 5.32 Å². The minimum atomic E-state index is -0.344. The average Bonchev–Trinajstić information content (AvgIpc) is 3.08. The SMILES string of the molecule is CCCc1nc2sc(C(=O)Nc3ccccc3)c(C)c2c(=O)n1Cc1cccc(F)c1. The molecule has 0 radical (unpaired) electrons. The second kappa shape index (κ2) is 8.81. The third kappa shape index (κ3) is 4.27. The quantitative estimate of drug-likeness (QED) is 0.455. The van der Waals surface area contributed by atoms with Gasteiger partial charge in [0, 0.05) is 12.1 Å². The van der Waals surface area contributed by atoms with E-state index in [2.05, 4.69) is 5.32 Å². The number of fused-ring (bicyclic) bond motifs is 1. The van der Waals surface area contributed by atoms with Crippen LogP contribution in [0.25, 0.3) is 10.2 Å². The van der Waals surface area contributed by atoms with Crippen molar-refractivity contribution in [2.75, 3.05) is 5.32 Å². The first-order valence-electron chi connectivity index (χ1n) is 10.1. The van der Waals surface area contributed by atoms with E-state index in [0.717, 1.165) is 6.42 Å². The molecule has 0 atom stereocenters. The summed E-state index contributed by atoms with van der Waals surface area (Å²) in [5.74, 6) is 0.0311. The predicted octanol–water partition coefficient (Wildman–Crippen LogP) is 5.16. The van der Waals surface area contributed by atoms with Gasteiger partial charge in [-0.15, -0.1) is 11.3 Å². The molecule has 2 aromatic heterocycles. The Morgan fingerprint density at radius 3 is 2.65 bits per heavy atom. The molecule has 2 heterocycles. The van der Waals surface area contributed by atoms with Gasteiger partial charge in [-0.25, -0.2) is 9.37 Å². The Morgan fingerprint density at radius 2 is 1.94 bits per heavy atom. The van der Waals surface area contributed by atoms with Gasteiger partial charge in [0.15, 0.2) is 0 Å². The van der Waals surface area contributed by atoms with Crippen molar-refractivity contribution in [3.8, 4) is 0 Å². The van der Waals surface area contributed by atoms with Crippen molar-refractivity contribution < 1.29 is 9.18 Å². The van der Waals surface area contributed by atoms with Crippen molar-refractivity contribution in [3.05, 3.63) is 92.6 Å². The number of anilines is 1. The number of amides is 1. The van der Waals surface area contributed by atoms with Gasteiger partial charge in [0.25, 0.3) is 11.5 Å². The van der Waals surface area contributed by atoms with Crippen molar-refractivity contribution in [3.63, 3.8) is 0 Å². The van der Waals surface area contributed by atoms with Gasteiger partial charge in [0.2, 0.25) is 0 Å². The summed E-state index contributed by atoms with van der Waals surface area (Å²) in [6.45, 7) is 4.02. The van der Waals surface area contributed by atoms with E-state index in [1.165, 1.54) is 23.5 Å². The van der Waals surface area contributed by atoms with Crippen LogP contribution in [0.1, 0.15) is 40.0 Å². The highest BCUT2D eigenvalue weighted by molar-refractivity contribution is 7.20. The van der Waals surface area contributed by atoms with Crippen molar-refractivity contribution in [2.45, 2.75) is 33.2 Å². The summed E-state index contributed by atoms with van der Waals surface area (Å²) in [4.78, 5) is 32.0. The zero-order valence-corrected chi connectivity index (χ0v) is 18.1. The van der Waals surface area contributed by atoms with Gasteiger partial charge in [0.05, 0.1) is 16.8 Å². The predicted molar refractivity (Wildman–Crippen MR) is 123 cm³/mol. The molecule has 0 aliphatic heterocycles. The number of aromatic nitrogens is 2. The van der Waals surface area contributed by atoms with E-state index in [0.29, 0.717) is 44.2 Å². The lowest BCUT2D eigenvalue weighted by Gasteiger charge is -2.12. The van der Waals surface area contributed by atoms with E-state index in [1.54, 1.807) is 23.6 Å². The van der Waals surface area contributed by atoms with E-state index >= 15 is 0 Å². The van der Waals surface area contributed by atoms with Crippen molar-refractivity contribution in [2.24, 2.45) is 0 Å². The molecule has 31 heavy (non-hydrogen) atoms. The molecular formula is C24H22FN3O2S. The molecule has 1 N–H and O–H groups in total. The molecule has 5 nitrogen and oxygen atoms in total. The van der Waals surface area contributed by atoms with Gasteiger partial charge >= 0.3 is 0 Å². The van der Waals surface area contributed by atoms with Crippen LogP contribution in [-0.2, 0) is 13.0 Å². The molecule has 158 valence electrons. The van der Waals surface area contributed by atoms with E-state index < -0.39 is 0 Å². The number of hydrogen-bond donors (Lipinski definition) is 1. The summed E-state index contributed by atoms with van der Waals surface area (Å²) in [5.41, 5.74) is 1.79. The molecule has 0 spiro atoms. The molecule has 0 bridgehead atoms. The molecule has 0 aliphatic rings. The summed E-state index contributed by atoms with van der Waals surface area (Å²) in [7, 11) is 0. The summed E-state index contributed by atoms with van der Waals surface area (Å²) in [6.07, 6.45) is 1.43. The number of nitrogens with zero attached hydrogens (tertiary/aromatic N) is 2.